The van der Waals surface area contributed by atoms with Crippen LogP contribution in [0.15, 0.2) is 84.0 Å². The van der Waals surface area contributed by atoms with Gasteiger partial charge in [-0.15, -0.1) is 0 Å². The molecule has 1 unspecified atom stereocenters. The van der Waals surface area contributed by atoms with Crippen LogP contribution in [0, 0.1) is 0 Å². The number of hydrogen-bond donors (Lipinski definition) is 1. The zero-order chi connectivity index (χ0) is 25.0. The zero-order valence-electron chi connectivity index (χ0n) is 20.0. The summed E-state index contributed by atoms with van der Waals surface area (Å²) in [5, 5.41) is 10.2. The van der Waals surface area contributed by atoms with E-state index in [-0.39, 0.29) is 24.5 Å². The van der Waals surface area contributed by atoms with Gasteiger partial charge in [-0.1, -0.05) is 54.1 Å². The molecule has 0 radical (unpaired) electrons. The molecule has 6 nitrogen and oxygen atoms in total. The maximum absolute atomic E-state index is 12.8. The number of nitrogens with zero attached hydrogens (tertiary/aromatic N) is 2. The van der Waals surface area contributed by atoms with Crippen molar-refractivity contribution in [1.82, 2.24) is 5.01 Å². The van der Waals surface area contributed by atoms with Gasteiger partial charge in [-0.25, -0.2) is 4.79 Å². The lowest BCUT2D eigenvalue weighted by Gasteiger charge is -2.27. The average Bonchev–Trinajstić information content (AvgIpc) is 3.17. The molecule has 0 aliphatic carbocycles. The molecule has 0 aromatic heterocycles. The van der Waals surface area contributed by atoms with E-state index < -0.39 is 5.41 Å². The highest BCUT2D eigenvalue weighted by atomic mass is 35.5. The Morgan fingerprint density at radius 3 is 2.31 bits per heavy atom. The first-order chi connectivity index (χ1) is 16.7. The highest BCUT2D eigenvalue weighted by Crippen LogP contribution is 2.35. The number of rotatable bonds is 7. The van der Waals surface area contributed by atoms with Gasteiger partial charge in [-0.3, -0.25) is 9.80 Å². The molecule has 0 spiro atoms. The lowest BCUT2D eigenvalue weighted by Crippen LogP contribution is -2.38. The molecular weight excluding hydrogens is 462 g/mol. The summed E-state index contributed by atoms with van der Waals surface area (Å²) in [4.78, 5) is 24.9. The Balaban J connectivity index is 1.49. The highest BCUT2D eigenvalue weighted by molar-refractivity contribution is 6.30. The van der Waals surface area contributed by atoms with Crippen LogP contribution in [0.4, 0.5) is 5.69 Å². The number of anilines is 1. The molecule has 0 bridgehead atoms. The number of benzene rings is 3. The molecule has 1 heterocycles. The van der Waals surface area contributed by atoms with Gasteiger partial charge in [-0.2, -0.15) is 5.10 Å². The second kappa shape index (κ2) is 10.3. The number of carbonyl (C=O) groups excluding carboxylic acids is 2. The molecule has 3 aromatic carbocycles. The minimum atomic E-state index is -0.395. The van der Waals surface area contributed by atoms with E-state index in [0.29, 0.717) is 22.8 Å². The van der Waals surface area contributed by atoms with E-state index in [1.54, 1.807) is 43.1 Å². The first-order valence-electron chi connectivity index (χ1n) is 11.5. The van der Waals surface area contributed by atoms with Crippen molar-refractivity contribution < 1.29 is 14.3 Å². The summed E-state index contributed by atoms with van der Waals surface area (Å²) in [5.41, 5.74) is 3.62. The Kier molecular flexibility index (Phi) is 7.22. The van der Waals surface area contributed by atoms with E-state index in [9.17, 15) is 9.59 Å². The number of hydrogen-bond acceptors (Lipinski definition) is 5. The highest BCUT2D eigenvalue weighted by Gasteiger charge is 2.41. The standard InChI is InChI=1S/C28H28ClN3O3/c1-19(2)35-27(34)21-11-15-24(16-12-21)30-25(33)17-32-18-28(3,22-7-5-4-6-8-22)26(31-32)20-9-13-23(29)14-10-20/h4-16,19H,17-18H2,1-3H3,(H,30,33). The van der Waals surface area contributed by atoms with Gasteiger partial charge >= 0.3 is 5.97 Å². The van der Waals surface area contributed by atoms with Crippen molar-refractivity contribution in [2.45, 2.75) is 32.3 Å². The topological polar surface area (TPSA) is 71.0 Å². The van der Waals surface area contributed by atoms with E-state index >= 15 is 0 Å². The average molecular weight is 490 g/mol. The van der Waals surface area contributed by atoms with E-state index in [1.807, 2.05) is 42.5 Å². The molecule has 1 amide bonds. The SMILES string of the molecule is CC(C)OC(=O)c1ccc(NC(=O)CN2CC(C)(c3ccccc3)C(c3ccc(Cl)cc3)=N2)cc1. The van der Waals surface area contributed by atoms with Gasteiger partial charge in [0.1, 0.15) is 6.54 Å². The lowest BCUT2D eigenvalue weighted by atomic mass is 9.76. The number of carbonyl (C=O) groups is 2. The van der Waals surface area contributed by atoms with Crippen LogP contribution in [0.5, 0.6) is 0 Å². The van der Waals surface area contributed by atoms with Crippen LogP contribution in [0.2, 0.25) is 5.02 Å². The first-order valence-corrected chi connectivity index (χ1v) is 11.9. The number of esters is 1. The smallest absolute Gasteiger partial charge is 0.338 e. The summed E-state index contributed by atoms with van der Waals surface area (Å²) in [6.07, 6.45) is -0.192. The van der Waals surface area contributed by atoms with E-state index in [4.69, 9.17) is 21.4 Å². The summed E-state index contributed by atoms with van der Waals surface area (Å²) in [6, 6.07) is 24.4. The van der Waals surface area contributed by atoms with Crippen LogP contribution in [0.3, 0.4) is 0 Å². The Labute approximate surface area is 210 Å². The van der Waals surface area contributed by atoms with E-state index in [0.717, 1.165) is 16.8 Å². The molecule has 0 fully saturated rings. The van der Waals surface area contributed by atoms with Crippen LogP contribution in [-0.2, 0) is 14.9 Å². The number of amides is 1. The van der Waals surface area contributed by atoms with Gasteiger partial charge in [-0.05, 0) is 68.3 Å². The summed E-state index contributed by atoms with van der Waals surface area (Å²) >= 11 is 6.10. The summed E-state index contributed by atoms with van der Waals surface area (Å²) in [5.74, 6) is -0.585. The maximum atomic E-state index is 12.8. The fraction of sp³-hybridized carbons (Fsp3) is 0.250. The van der Waals surface area contributed by atoms with Crippen LogP contribution in [0.1, 0.15) is 42.3 Å². The molecule has 1 aliphatic rings. The van der Waals surface area contributed by atoms with Crippen molar-refractivity contribution in [2.24, 2.45) is 5.10 Å². The molecule has 3 aromatic rings. The predicted octanol–water partition coefficient (Wildman–Crippen LogP) is 5.52. The Morgan fingerprint density at radius 1 is 1.03 bits per heavy atom. The third kappa shape index (κ3) is 5.72. The van der Waals surface area contributed by atoms with Crippen LogP contribution >= 0.6 is 11.6 Å². The molecule has 180 valence electrons. The Hall–Kier alpha value is -3.64. The molecule has 1 N–H and O–H groups in total. The van der Waals surface area contributed by atoms with Crippen molar-refractivity contribution >= 4 is 34.9 Å². The zero-order valence-corrected chi connectivity index (χ0v) is 20.8. The lowest BCUT2D eigenvalue weighted by molar-refractivity contribution is -0.117. The number of hydrazone groups is 1. The largest absolute Gasteiger partial charge is 0.459 e. The number of halogens is 1. The van der Waals surface area contributed by atoms with Gasteiger partial charge in [0, 0.05) is 10.7 Å². The maximum Gasteiger partial charge on any atom is 0.338 e. The molecule has 0 saturated heterocycles. The third-order valence-corrected chi connectivity index (χ3v) is 6.12. The minimum Gasteiger partial charge on any atom is -0.459 e. The van der Waals surface area contributed by atoms with Crippen molar-refractivity contribution in [3.05, 3.63) is 101 Å². The summed E-state index contributed by atoms with van der Waals surface area (Å²) in [7, 11) is 0. The van der Waals surface area contributed by atoms with Crippen LogP contribution in [-0.4, -0.2) is 41.8 Å². The quantitative estimate of drug-likeness (QED) is 0.443. The van der Waals surface area contributed by atoms with Gasteiger partial charge in [0.15, 0.2) is 0 Å². The molecule has 1 atom stereocenters. The van der Waals surface area contributed by atoms with E-state index in [2.05, 4.69) is 24.4 Å². The number of nitrogens with one attached hydrogen (secondary N) is 1. The van der Waals surface area contributed by atoms with Gasteiger partial charge in [0.2, 0.25) is 5.91 Å². The van der Waals surface area contributed by atoms with Gasteiger partial charge in [0.05, 0.1) is 29.3 Å². The predicted molar refractivity (Wildman–Crippen MR) is 139 cm³/mol. The van der Waals surface area contributed by atoms with Crippen molar-refractivity contribution in [2.75, 3.05) is 18.4 Å². The third-order valence-electron chi connectivity index (χ3n) is 5.86. The second-order valence-corrected chi connectivity index (χ2v) is 9.49. The molecule has 4 rings (SSSR count). The van der Waals surface area contributed by atoms with Crippen molar-refractivity contribution in [1.29, 1.82) is 0 Å². The fourth-order valence-electron chi connectivity index (χ4n) is 4.17. The van der Waals surface area contributed by atoms with Crippen LogP contribution in [0.25, 0.3) is 0 Å². The van der Waals surface area contributed by atoms with Gasteiger partial charge in [0.25, 0.3) is 0 Å². The van der Waals surface area contributed by atoms with E-state index in [1.165, 1.54) is 0 Å². The monoisotopic (exact) mass is 489 g/mol. The van der Waals surface area contributed by atoms with Crippen molar-refractivity contribution in [3.63, 3.8) is 0 Å². The molecule has 1 aliphatic heterocycles. The molecule has 0 saturated carbocycles. The summed E-state index contributed by atoms with van der Waals surface area (Å²) in [6.45, 7) is 6.39. The van der Waals surface area contributed by atoms with Crippen LogP contribution < -0.4 is 5.32 Å². The second-order valence-electron chi connectivity index (χ2n) is 9.06. The first kappa shape index (κ1) is 24.5. The molecule has 7 heteroatoms. The Morgan fingerprint density at radius 2 is 1.69 bits per heavy atom. The summed E-state index contributed by atoms with van der Waals surface area (Å²) < 4.78 is 5.20. The molecular formula is C28H28ClN3O3. The normalized spacial score (nSPS) is 17.3. The van der Waals surface area contributed by atoms with Gasteiger partial charge < -0.3 is 10.1 Å². The molecule has 35 heavy (non-hydrogen) atoms. The number of ether oxygens (including phenoxy) is 1. The Bertz CT molecular complexity index is 1220. The van der Waals surface area contributed by atoms with Crippen molar-refractivity contribution in [3.8, 4) is 0 Å². The minimum absolute atomic E-state index is 0.0939. The fourth-order valence-corrected chi connectivity index (χ4v) is 4.30.